The van der Waals surface area contributed by atoms with Gasteiger partial charge >= 0.3 is 6.09 Å². The summed E-state index contributed by atoms with van der Waals surface area (Å²) >= 11 is 0. The van der Waals surface area contributed by atoms with Crippen LogP contribution < -0.4 is 10.6 Å². The molecule has 1 aliphatic rings. The van der Waals surface area contributed by atoms with Gasteiger partial charge in [0, 0.05) is 39.6 Å². The van der Waals surface area contributed by atoms with Gasteiger partial charge in [0.25, 0.3) is 0 Å². The summed E-state index contributed by atoms with van der Waals surface area (Å²) in [6.45, 7) is 7.27. The van der Waals surface area contributed by atoms with Gasteiger partial charge in [0.2, 0.25) is 17.7 Å². The van der Waals surface area contributed by atoms with Crippen molar-refractivity contribution >= 4 is 23.8 Å². The summed E-state index contributed by atoms with van der Waals surface area (Å²) in [7, 11) is 0. The van der Waals surface area contributed by atoms with Gasteiger partial charge in [0.05, 0.1) is 0 Å². The summed E-state index contributed by atoms with van der Waals surface area (Å²) < 4.78 is 5.28. The first-order chi connectivity index (χ1) is 15.4. The van der Waals surface area contributed by atoms with Gasteiger partial charge in [0.1, 0.15) is 12.6 Å². The van der Waals surface area contributed by atoms with Crippen LogP contribution >= 0.6 is 0 Å². The van der Waals surface area contributed by atoms with Gasteiger partial charge < -0.3 is 25.2 Å². The predicted octanol–water partition coefficient (Wildman–Crippen LogP) is 1.44. The Kier molecular flexibility index (Phi) is 10.2. The molecule has 0 spiro atoms. The molecule has 1 unspecified atom stereocenters. The molecule has 1 aromatic carbocycles. The van der Waals surface area contributed by atoms with Crippen LogP contribution in [-0.4, -0.2) is 72.4 Å². The van der Waals surface area contributed by atoms with Crippen molar-refractivity contribution in [2.24, 2.45) is 0 Å². The molecule has 2 rings (SSSR count). The van der Waals surface area contributed by atoms with Crippen molar-refractivity contribution in [2.45, 2.75) is 38.8 Å². The van der Waals surface area contributed by atoms with E-state index in [1.54, 1.807) is 9.80 Å². The van der Waals surface area contributed by atoms with Gasteiger partial charge in [0.15, 0.2) is 0 Å². The maximum atomic E-state index is 13.1. The normalized spacial score (nSPS) is 14.3. The van der Waals surface area contributed by atoms with Crippen molar-refractivity contribution in [1.29, 1.82) is 0 Å². The van der Waals surface area contributed by atoms with Crippen LogP contribution in [-0.2, 0) is 25.7 Å². The van der Waals surface area contributed by atoms with Crippen LogP contribution in [0, 0.1) is 0 Å². The highest BCUT2D eigenvalue weighted by Crippen LogP contribution is 2.10. The van der Waals surface area contributed by atoms with Gasteiger partial charge in [-0.25, -0.2) is 4.79 Å². The highest BCUT2D eigenvalue weighted by atomic mass is 16.5. The summed E-state index contributed by atoms with van der Waals surface area (Å²) in [4.78, 5) is 51.6. The van der Waals surface area contributed by atoms with Crippen molar-refractivity contribution in [2.75, 3.05) is 32.7 Å². The van der Waals surface area contributed by atoms with E-state index in [-0.39, 0.29) is 24.3 Å². The fourth-order valence-electron chi connectivity index (χ4n) is 3.38. The molecule has 1 fully saturated rings. The van der Waals surface area contributed by atoms with Crippen LogP contribution in [0.2, 0.25) is 0 Å². The van der Waals surface area contributed by atoms with Crippen LogP contribution in [0.4, 0.5) is 4.79 Å². The number of rotatable bonds is 10. The number of benzene rings is 1. The molecule has 1 heterocycles. The Labute approximate surface area is 188 Å². The number of nitrogens with zero attached hydrogens (tertiary/aromatic N) is 2. The second-order valence-electron chi connectivity index (χ2n) is 7.58. The summed E-state index contributed by atoms with van der Waals surface area (Å²) in [5.41, 5.74) is 0.851. The fraction of sp³-hybridized carbons (Fsp3) is 0.478. The van der Waals surface area contributed by atoms with E-state index in [0.29, 0.717) is 52.0 Å². The highest BCUT2D eigenvalue weighted by molar-refractivity contribution is 5.87. The predicted molar refractivity (Wildman–Crippen MR) is 119 cm³/mol. The SMILES string of the molecule is C=CC(=O)NCCCCC(NC(=O)OCc1ccccc1)C(=O)N1CCN(C(C)=O)CC1. The van der Waals surface area contributed by atoms with E-state index in [2.05, 4.69) is 17.2 Å². The largest absolute Gasteiger partial charge is 0.445 e. The lowest BCUT2D eigenvalue weighted by Gasteiger charge is -2.36. The van der Waals surface area contributed by atoms with Gasteiger partial charge in [-0.2, -0.15) is 0 Å². The minimum Gasteiger partial charge on any atom is -0.445 e. The standard InChI is InChI=1S/C23H32N4O5/c1-3-21(29)24-12-8-7-11-20(22(30)27-15-13-26(14-16-27)18(2)28)25-23(31)32-17-19-9-5-4-6-10-19/h3-6,9-10,20H,1,7-8,11-17H2,2H3,(H,24,29)(H,25,31). The average molecular weight is 445 g/mol. The van der Waals surface area contributed by atoms with Crippen LogP contribution in [0.3, 0.4) is 0 Å². The molecule has 0 bridgehead atoms. The third-order valence-electron chi connectivity index (χ3n) is 5.24. The number of hydrogen-bond acceptors (Lipinski definition) is 5. The summed E-state index contributed by atoms with van der Waals surface area (Å²) in [6.07, 6.45) is 2.24. The quantitative estimate of drug-likeness (QED) is 0.419. The number of hydrogen-bond donors (Lipinski definition) is 2. The van der Waals surface area contributed by atoms with Crippen LogP contribution in [0.5, 0.6) is 0 Å². The second-order valence-corrected chi connectivity index (χ2v) is 7.58. The molecule has 0 radical (unpaired) electrons. The van der Waals surface area contributed by atoms with Crippen LogP contribution in [0.25, 0.3) is 0 Å². The summed E-state index contributed by atoms with van der Waals surface area (Å²) in [5.74, 6) is -0.457. The molecule has 32 heavy (non-hydrogen) atoms. The molecular weight excluding hydrogens is 412 g/mol. The first-order valence-corrected chi connectivity index (χ1v) is 10.8. The molecule has 0 saturated carbocycles. The zero-order valence-electron chi connectivity index (χ0n) is 18.5. The van der Waals surface area contributed by atoms with Crippen LogP contribution in [0.1, 0.15) is 31.7 Å². The molecule has 9 nitrogen and oxygen atoms in total. The third kappa shape index (κ3) is 8.41. The molecular formula is C23H32N4O5. The van der Waals surface area contributed by atoms with Crippen molar-refractivity contribution in [3.05, 3.63) is 48.6 Å². The smallest absolute Gasteiger partial charge is 0.408 e. The molecule has 0 aromatic heterocycles. The Morgan fingerprint density at radius 3 is 2.34 bits per heavy atom. The Morgan fingerprint density at radius 2 is 1.72 bits per heavy atom. The minimum absolute atomic E-state index is 0.0159. The average Bonchev–Trinajstić information content (AvgIpc) is 2.81. The number of amides is 4. The zero-order chi connectivity index (χ0) is 23.3. The van der Waals surface area contributed by atoms with E-state index in [0.717, 1.165) is 5.56 Å². The fourth-order valence-corrected chi connectivity index (χ4v) is 3.38. The summed E-state index contributed by atoms with van der Waals surface area (Å²) in [6, 6.07) is 8.55. The maximum absolute atomic E-state index is 13.1. The van der Waals surface area contributed by atoms with E-state index in [1.807, 2.05) is 30.3 Å². The number of ether oxygens (including phenoxy) is 1. The number of carbonyl (C=O) groups excluding carboxylic acids is 4. The number of carbonyl (C=O) groups is 4. The Hall–Kier alpha value is -3.36. The van der Waals surface area contributed by atoms with Gasteiger partial charge in [-0.3, -0.25) is 14.4 Å². The molecule has 1 saturated heterocycles. The third-order valence-corrected chi connectivity index (χ3v) is 5.24. The molecule has 1 aliphatic heterocycles. The van der Waals surface area contributed by atoms with E-state index >= 15 is 0 Å². The topological polar surface area (TPSA) is 108 Å². The number of piperazine rings is 1. The molecule has 1 aromatic rings. The second kappa shape index (κ2) is 13.1. The lowest BCUT2D eigenvalue weighted by Crippen LogP contribution is -2.55. The van der Waals surface area contributed by atoms with Crippen molar-refractivity contribution in [3.8, 4) is 0 Å². The van der Waals surface area contributed by atoms with Crippen LogP contribution in [0.15, 0.2) is 43.0 Å². The van der Waals surface area contributed by atoms with Crippen molar-refractivity contribution < 1.29 is 23.9 Å². The van der Waals surface area contributed by atoms with Gasteiger partial charge in [-0.15, -0.1) is 0 Å². The zero-order valence-corrected chi connectivity index (χ0v) is 18.5. The number of nitrogens with one attached hydrogen (secondary N) is 2. The maximum Gasteiger partial charge on any atom is 0.408 e. The molecule has 9 heteroatoms. The Bertz CT molecular complexity index is 791. The number of unbranched alkanes of at least 4 members (excludes halogenated alkanes) is 1. The van der Waals surface area contributed by atoms with Gasteiger partial charge in [-0.1, -0.05) is 36.9 Å². The Balaban J connectivity index is 1.89. The number of alkyl carbamates (subject to hydrolysis) is 1. The van der Waals surface area contributed by atoms with Crippen molar-refractivity contribution in [1.82, 2.24) is 20.4 Å². The van der Waals surface area contributed by atoms with Gasteiger partial charge in [-0.05, 0) is 30.9 Å². The van der Waals surface area contributed by atoms with Crippen molar-refractivity contribution in [3.63, 3.8) is 0 Å². The molecule has 2 N–H and O–H groups in total. The highest BCUT2D eigenvalue weighted by Gasteiger charge is 2.29. The first-order valence-electron chi connectivity index (χ1n) is 10.8. The minimum atomic E-state index is -0.739. The first kappa shape index (κ1) is 24.9. The molecule has 4 amide bonds. The summed E-state index contributed by atoms with van der Waals surface area (Å²) in [5, 5.41) is 5.38. The molecule has 0 aliphatic carbocycles. The molecule has 1 atom stereocenters. The van der Waals surface area contributed by atoms with E-state index < -0.39 is 12.1 Å². The molecule has 174 valence electrons. The lowest BCUT2D eigenvalue weighted by atomic mass is 10.1. The van der Waals surface area contributed by atoms with E-state index in [4.69, 9.17) is 4.74 Å². The lowest BCUT2D eigenvalue weighted by molar-refractivity contribution is -0.139. The van der Waals surface area contributed by atoms with E-state index in [1.165, 1.54) is 13.0 Å². The Morgan fingerprint density at radius 1 is 1.06 bits per heavy atom. The van der Waals surface area contributed by atoms with E-state index in [9.17, 15) is 19.2 Å². The monoisotopic (exact) mass is 444 g/mol.